The van der Waals surface area contributed by atoms with Crippen LogP contribution in [0.15, 0.2) is 22.7 Å². The lowest BCUT2D eigenvalue weighted by molar-refractivity contribution is 0.476. The summed E-state index contributed by atoms with van der Waals surface area (Å²) in [6.45, 7) is 8.61. The molecule has 17 heavy (non-hydrogen) atoms. The molecule has 0 radical (unpaired) electrons. The average molecular weight is 297 g/mol. The molecule has 1 atom stereocenters. The van der Waals surface area contributed by atoms with Gasteiger partial charge >= 0.3 is 0 Å². The topological polar surface area (TPSA) is 29.3 Å². The predicted molar refractivity (Wildman–Crippen MR) is 77.5 cm³/mol. The van der Waals surface area contributed by atoms with Crippen molar-refractivity contribution in [2.75, 3.05) is 18.0 Å². The standard InChI is InChI=1S/C14H21BrN2/c1-10-6-12(4-5-13(10)15)17-9-11(8-16)7-14(17,2)3/h4-6,11H,7-9,16H2,1-3H3. The van der Waals surface area contributed by atoms with Crippen molar-refractivity contribution >= 4 is 21.6 Å². The number of nitrogens with two attached hydrogens (primary N) is 1. The van der Waals surface area contributed by atoms with Crippen molar-refractivity contribution in [3.05, 3.63) is 28.2 Å². The van der Waals surface area contributed by atoms with Gasteiger partial charge in [0.1, 0.15) is 0 Å². The van der Waals surface area contributed by atoms with E-state index in [4.69, 9.17) is 5.73 Å². The summed E-state index contributed by atoms with van der Waals surface area (Å²) >= 11 is 3.55. The lowest BCUT2D eigenvalue weighted by Crippen LogP contribution is -2.38. The average Bonchev–Trinajstić information content (AvgIpc) is 2.58. The van der Waals surface area contributed by atoms with E-state index >= 15 is 0 Å². The molecular weight excluding hydrogens is 276 g/mol. The highest BCUT2D eigenvalue weighted by molar-refractivity contribution is 9.10. The number of anilines is 1. The maximum atomic E-state index is 5.82. The van der Waals surface area contributed by atoms with E-state index in [1.54, 1.807) is 0 Å². The van der Waals surface area contributed by atoms with Crippen molar-refractivity contribution in [1.29, 1.82) is 0 Å². The molecule has 1 fully saturated rings. The van der Waals surface area contributed by atoms with Gasteiger partial charge in [0.05, 0.1) is 0 Å². The Balaban J connectivity index is 2.30. The molecule has 1 unspecified atom stereocenters. The molecule has 0 aromatic heterocycles. The maximum Gasteiger partial charge on any atom is 0.0374 e. The first kappa shape index (κ1) is 12.9. The number of hydrogen-bond donors (Lipinski definition) is 1. The Bertz CT molecular complexity index is 415. The maximum absolute atomic E-state index is 5.82. The summed E-state index contributed by atoms with van der Waals surface area (Å²) in [5, 5.41) is 0. The fourth-order valence-electron chi connectivity index (χ4n) is 2.80. The molecule has 1 aliphatic heterocycles. The van der Waals surface area contributed by atoms with Crippen LogP contribution in [0.25, 0.3) is 0 Å². The Morgan fingerprint density at radius 2 is 2.18 bits per heavy atom. The first-order valence-corrected chi connectivity index (χ1v) is 6.97. The van der Waals surface area contributed by atoms with Crippen LogP contribution in [0.4, 0.5) is 5.69 Å². The fourth-order valence-corrected chi connectivity index (χ4v) is 3.04. The SMILES string of the molecule is Cc1cc(N2CC(CN)CC2(C)C)ccc1Br. The third-order valence-electron chi connectivity index (χ3n) is 3.75. The van der Waals surface area contributed by atoms with Gasteiger partial charge in [-0.1, -0.05) is 15.9 Å². The van der Waals surface area contributed by atoms with Crippen molar-refractivity contribution in [2.45, 2.75) is 32.7 Å². The van der Waals surface area contributed by atoms with Gasteiger partial charge in [0, 0.05) is 22.2 Å². The highest BCUT2D eigenvalue weighted by atomic mass is 79.9. The van der Waals surface area contributed by atoms with Crippen LogP contribution in [-0.4, -0.2) is 18.6 Å². The Morgan fingerprint density at radius 1 is 1.47 bits per heavy atom. The minimum absolute atomic E-state index is 0.213. The number of nitrogens with zero attached hydrogens (tertiary/aromatic N) is 1. The van der Waals surface area contributed by atoms with Crippen LogP contribution in [0.2, 0.25) is 0 Å². The van der Waals surface area contributed by atoms with Gasteiger partial charge in [-0.05, 0) is 63.4 Å². The van der Waals surface area contributed by atoms with Gasteiger partial charge in [0.15, 0.2) is 0 Å². The van der Waals surface area contributed by atoms with E-state index in [9.17, 15) is 0 Å². The summed E-state index contributed by atoms with van der Waals surface area (Å²) in [7, 11) is 0. The van der Waals surface area contributed by atoms with E-state index in [1.807, 2.05) is 0 Å². The van der Waals surface area contributed by atoms with E-state index in [1.165, 1.54) is 22.1 Å². The minimum Gasteiger partial charge on any atom is -0.366 e. The summed E-state index contributed by atoms with van der Waals surface area (Å²) in [6, 6.07) is 6.58. The summed E-state index contributed by atoms with van der Waals surface area (Å²) in [6.07, 6.45) is 1.18. The van der Waals surface area contributed by atoms with E-state index in [0.29, 0.717) is 5.92 Å². The zero-order valence-electron chi connectivity index (χ0n) is 10.8. The van der Waals surface area contributed by atoms with Crippen LogP contribution < -0.4 is 10.6 Å². The number of halogens is 1. The van der Waals surface area contributed by atoms with Crippen molar-refractivity contribution in [3.63, 3.8) is 0 Å². The molecule has 1 aliphatic rings. The second kappa shape index (κ2) is 4.62. The van der Waals surface area contributed by atoms with Crippen molar-refractivity contribution in [1.82, 2.24) is 0 Å². The van der Waals surface area contributed by atoms with Crippen LogP contribution in [0.5, 0.6) is 0 Å². The molecule has 1 heterocycles. The normalized spacial score (nSPS) is 23.1. The van der Waals surface area contributed by atoms with Crippen LogP contribution in [-0.2, 0) is 0 Å². The highest BCUT2D eigenvalue weighted by Gasteiger charge is 2.37. The molecule has 0 spiro atoms. The number of aryl methyl sites for hydroxylation is 1. The van der Waals surface area contributed by atoms with Crippen molar-refractivity contribution in [2.24, 2.45) is 11.7 Å². The molecule has 2 N–H and O–H groups in total. The summed E-state index contributed by atoms with van der Waals surface area (Å²) in [4.78, 5) is 2.49. The Labute approximate surface area is 112 Å². The number of benzene rings is 1. The fraction of sp³-hybridized carbons (Fsp3) is 0.571. The molecule has 2 nitrogen and oxygen atoms in total. The van der Waals surface area contributed by atoms with E-state index < -0.39 is 0 Å². The molecule has 1 aromatic rings. The van der Waals surface area contributed by atoms with Gasteiger partial charge in [0.25, 0.3) is 0 Å². The summed E-state index contributed by atoms with van der Waals surface area (Å²) in [5.74, 6) is 0.619. The van der Waals surface area contributed by atoms with Gasteiger partial charge in [0.2, 0.25) is 0 Å². The second-order valence-electron chi connectivity index (χ2n) is 5.66. The number of rotatable bonds is 2. The lowest BCUT2D eigenvalue weighted by Gasteiger charge is -2.34. The Kier molecular flexibility index (Phi) is 3.50. The Hall–Kier alpha value is -0.540. The van der Waals surface area contributed by atoms with Crippen molar-refractivity contribution in [3.8, 4) is 0 Å². The minimum atomic E-state index is 0.213. The van der Waals surface area contributed by atoms with Crippen LogP contribution in [0.3, 0.4) is 0 Å². The highest BCUT2D eigenvalue weighted by Crippen LogP contribution is 2.37. The van der Waals surface area contributed by atoms with Crippen LogP contribution in [0, 0.1) is 12.8 Å². The van der Waals surface area contributed by atoms with E-state index in [2.05, 4.69) is 59.8 Å². The van der Waals surface area contributed by atoms with E-state index in [0.717, 1.165) is 13.1 Å². The first-order chi connectivity index (χ1) is 7.94. The quantitative estimate of drug-likeness (QED) is 0.907. The van der Waals surface area contributed by atoms with E-state index in [-0.39, 0.29) is 5.54 Å². The molecular formula is C14H21BrN2. The van der Waals surface area contributed by atoms with Crippen molar-refractivity contribution < 1.29 is 0 Å². The third-order valence-corrected chi connectivity index (χ3v) is 4.64. The summed E-state index contributed by atoms with van der Waals surface area (Å²) < 4.78 is 1.17. The molecule has 3 heteroatoms. The van der Waals surface area contributed by atoms with Crippen LogP contribution >= 0.6 is 15.9 Å². The molecule has 1 aromatic carbocycles. The molecule has 0 bridgehead atoms. The largest absolute Gasteiger partial charge is 0.366 e. The van der Waals surface area contributed by atoms with Gasteiger partial charge < -0.3 is 10.6 Å². The monoisotopic (exact) mass is 296 g/mol. The predicted octanol–water partition coefficient (Wildman–Crippen LogP) is 3.32. The Morgan fingerprint density at radius 3 is 2.71 bits per heavy atom. The van der Waals surface area contributed by atoms with Crippen LogP contribution in [0.1, 0.15) is 25.8 Å². The van der Waals surface area contributed by atoms with Gasteiger partial charge in [-0.25, -0.2) is 0 Å². The zero-order valence-corrected chi connectivity index (χ0v) is 12.4. The third kappa shape index (κ3) is 2.50. The zero-order chi connectivity index (χ0) is 12.6. The molecule has 1 saturated heterocycles. The smallest absolute Gasteiger partial charge is 0.0374 e. The second-order valence-corrected chi connectivity index (χ2v) is 6.52. The van der Waals surface area contributed by atoms with Gasteiger partial charge in [-0.15, -0.1) is 0 Å². The molecule has 94 valence electrons. The molecule has 0 aliphatic carbocycles. The first-order valence-electron chi connectivity index (χ1n) is 6.18. The summed E-state index contributed by atoms with van der Waals surface area (Å²) in [5.41, 5.74) is 8.63. The lowest BCUT2D eigenvalue weighted by atomic mass is 9.96. The van der Waals surface area contributed by atoms with Gasteiger partial charge in [-0.3, -0.25) is 0 Å². The molecule has 2 rings (SSSR count). The van der Waals surface area contributed by atoms with Gasteiger partial charge in [-0.2, -0.15) is 0 Å². The molecule has 0 amide bonds. The molecule has 0 saturated carbocycles. The number of hydrogen-bond acceptors (Lipinski definition) is 2.